The standard InChI is InChI=1S/C19H15N3OS/c1-13-11-18(21-22(13)15-8-3-2-4-9-15)20-19(23)17-12-14-7-5-6-10-16(14)24-17/h2-12H,1H3,(H,20,21,23). The minimum absolute atomic E-state index is 0.131. The molecule has 118 valence electrons. The van der Waals surface area contributed by atoms with Gasteiger partial charge in [-0.3, -0.25) is 4.79 Å². The van der Waals surface area contributed by atoms with Crippen LogP contribution >= 0.6 is 11.3 Å². The fraction of sp³-hybridized carbons (Fsp3) is 0.0526. The topological polar surface area (TPSA) is 46.9 Å². The van der Waals surface area contributed by atoms with Crippen LogP contribution in [0.3, 0.4) is 0 Å². The van der Waals surface area contributed by atoms with Crippen LogP contribution in [-0.4, -0.2) is 15.7 Å². The summed E-state index contributed by atoms with van der Waals surface area (Å²) in [6.07, 6.45) is 0. The maximum atomic E-state index is 12.5. The Morgan fingerprint density at radius 3 is 2.58 bits per heavy atom. The molecule has 0 bridgehead atoms. The van der Waals surface area contributed by atoms with E-state index in [-0.39, 0.29) is 5.91 Å². The van der Waals surface area contributed by atoms with E-state index in [1.807, 2.05) is 78.3 Å². The highest BCUT2D eigenvalue weighted by molar-refractivity contribution is 7.20. The molecular formula is C19H15N3OS. The van der Waals surface area contributed by atoms with E-state index in [0.29, 0.717) is 10.7 Å². The Bertz CT molecular complexity index is 984. The molecule has 4 aromatic rings. The van der Waals surface area contributed by atoms with Gasteiger partial charge in [0.05, 0.1) is 10.6 Å². The van der Waals surface area contributed by atoms with Crippen molar-refractivity contribution >= 4 is 33.1 Å². The normalized spacial score (nSPS) is 10.9. The second kappa shape index (κ2) is 5.94. The molecule has 0 spiro atoms. The van der Waals surface area contributed by atoms with Gasteiger partial charge in [0.25, 0.3) is 5.91 Å². The molecule has 2 heterocycles. The molecule has 0 saturated carbocycles. The summed E-state index contributed by atoms with van der Waals surface area (Å²) in [6, 6.07) is 21.6. The van der Waals surface area contributed by atoms with Crippen LogP contribution in [0.25, 0.3) is 15.8 Å². The van der Waals surface area contributed by atoms with Crippen molar-refractivity contribution in [2.45, 2.75) is 6.92 Å². The first-order chi connectivity index (χ1) is 11.7. The third kappa shape index (κ3) is 2.70. The number of amides is 1. The van der Waals surface area contributed by atoms with E-state index < -0.39 is 0 Å². The van der Waals surface area contributed by atoms with Gasteiger partial charge < -0.3 is 5.32 Å². The van der Waals surface area contributed by atoms with Gasteiger partial charge in [0, 0.05) is 16.5 Å². The number of hydrogen-bond donors (Lipinski definition) is 1. The molecule has 2 aromatic heterocycles. The highest BCUT2D eigenvalue weighted by Gasteiger charge is 2.13. The minimum Gasteiger partial charge on any atom is -0.304 e. The minimum atomic E-state index is -0.131. The first-order valence-corrected chi connectivity index (χ1v) is 8.44. The largest absolute Gasteiger partial charge is 0.304 e. The summed E-state index contributed by atoms with van der Waals surface area (Å²) in [6.45, 7) is 1.97. The lowest BCUT2D eigenvalue weighted by atomic mass is 10.2. The summed E-state index contributed by atoms with van der Waals surface area (Å²) in [5.74, 6) is 0.424. The van der Waals surface area contributed by atoms with Gasteiger partial charge in [-0.25, -0.2) is 4.68 Å². The number of carbonyl (C=O) groups is 1. The summed E-state index contributed by atoms with van der Waals surface area (Å²) in [5.41, 5.74) is 1.94. The third-order valence-corrected chi connectivity index (χ3v) is 4.89. The first-order valence-electron chi connectivity index (χ1n) is 7.63. The van der Waals surface area contributed by atoms with Crippen molar-refractivity contribution in [3.05, 3.63) is 77.3 Å². The maximum Gasteiger partial charge on any atom is 0.266 e. The molecule has 1 N–H and O–H groups in total. The average molecular weight is 333 g/mol. The summed E-state index contributed by atoms with van der Waals surface area (Å²) in [7, 11) is 0. The van der Waals surface area contributed by atoms with Crippen LogP contribution in [-0.2, 0) is 0 Å². The van der Waals surface area contributed by atoms with Crippen LogP contribution < -0.4 is 5.32 Å². The van der Waals surface area contributed by atoms with Crippen LogP contribution in [0.5, 0.6) is 0 Å². The van der Waals surface area contributed by atoms with Gasteiger partial charge in [-0.1, -0.05) is 36.4 Å². The number of rotatable bonds is 3. The second-order valence-corrected chi connectivity index (χ2v) is 6.60. The number of para-hydroxylation sites is 1. The molecule has 0 aliphatic heterocycles. The number of anilines is 1. The van der Waals surface area contributed by atoms with E-state index in [4.69, 9.17) is 0 Å². The van der Waals surface area contributed by atoms with Crippen molar-refractivity contribution in [3.8, 4) is 5.69 Å². The summed E-state index contributed by atoms with van der Waals surface area (Å²) in [4.78, 5) is 13.2. The SMILES string of the molecule is Cc1cc(NC(=O)c2cc3ccccc3s2)nn1-c1ccccc1. The second-order valence-electron chi connectivity index (χ2n) is 5.52. The van der Waals surface area contributed by atoms with Crippen molar-refractivity contribution in [1.82, 2.24) is 9.78 Å². The Morgan fingerprint density at radius 1 is 1.04 bits per heavy atom. The van der Waals surface area contributed by atoms with Crippen LogP contribution in [0.4, 0.5) is 5.82 Å². The molecule has 0 unspecified atom stereocenters. The van der Waals surface area contributed by atoms with Crippen LogP contribution in [0.1, 0.15) is 15.4 Å². The Labute approximate surface area is 143 Å². The van der Waals surface area contributed by atoms with E-state index in [2.05, 4.69) is 10.4 Å². The predicted molar refractivity (Wildman–Crippen MR) is 98.1 cm³/mol. The Hall–Kier alpha value is -2.92. The monoisotopic (exact) mass is 333 g/mol. The molecular weight excluding hydrogens is 318 g/mol. The molecule has 1 amide bonds. The molecule has 4 nitrogen and oxygen atoms in total. The van der Waals surface area contributed by atoms with Gasteiger partial charge in [-0.2, -0.15) is 0 Å². The van der Waals surface area contributed by atoms with Gasteiger partial charge in [0.2, 0.25) is 0 Å². The van der Waals surface area contributed by atoms with E-state index in [9.17, 15) is 4.79 Å². The molecule has 0 radical (unpaired) electrons. The van der Waals surface area contributed by atoms with Crippen molar-refractivity contribution < 1.29 is 4.79 Å². The van der Waals surface area contributed by atoms with Gasteiger partial charge in [-0.15, -0.1) is 16.4 Å². The molecule has 0 atom stereocenters. The molecule has 0 fully saturated rings. The maximum absolute atomic E-state index is 12.5. The molecule has 5 heteroatoms. The quantitative estimate of drug-likeness (QED) is 0.593. The number of nitrogens with zero attached hydrogens (tertiary/aromatic N) is 2. The lowest BCUT2D eigenvalue weighted by molar-refractivity contribution is 0.103. The third-order valence-electron chi connectivity index (χ3n) is 3.78. The van der Waals surface area contributed by atoms with Gasteiger partial charge in [0.15, 0.2) is 5.82 Å². The van der Waals surface area contributed by atoms with Crippen molar-refractivity contribution in [3.63, 3.8) is 0 Å². The predicted octanol–water partition coefficient (Wildman–Crippen LogP) is 4.65. The van der Waals surface area contributed by atoms with Gasteiger partial charge in [-0.05, 0) is 36.6 Å². The number of carbonyl (C=O) groups excluding carboxylic acids is 1. The lowest BCUT2D eigenvalue weighted by Gasteiger charge is -2.03. The molecule has 24 heavy (non-hydrogen) atoms. The number of benzene rings is 2. The van der Waals surface area contributed by atoms with Crippen LogP contribution in [0.15, 0.2) is 66.7 Å². The van der Waals surface area contributed by atoms with Gasteiger partial charge in [0.1, 0.15) is 0 Å². The van der Waals surface area contributed by atoms with Gasteiger partial charge >= 0.3 is 0 Å². The smallest absolute Gasteiger partial charge is 0.266 e. The zero-order chi connectivity index (χ0) is 16.5. The highest BCUT2D eigenvalue weighted by atomic mass is 32.1. The van der Waals surface area contributed by atoms with Crippen molar-refractivity contribution in [2.24, 2.45) is 0 Å². The fourth-order valence-corrected chi connectivity index (χ4v) is 3.60. The van der Waals surface area contributed by atoms with E-state index in [1.54, 1.807) is 0 Å². The Kier molecular flexibility index (Phi) is 3.63. The molecule has 0 saturated heterocycles. The highest BCUT2D eigenvalue weighted by Crippen LogP contribution is 2.26. The summed E-state index contributed by atoms with van der Waals surface area (Å²) >= 11 is 1.49. The molecule has 0 aliphatic rings. The summed E-state index contributed by atoms with van der Waals surface area (Å²) in [5, 5.41) is 8.46. The number of fused-ring (bicyclic) bond motifs is 1. The Morgan fingerprint density at radius 2 is 1.79 bits per heavy atom. The summed E-state index contributed by atoms with van der Waals surface area (Å²) < 4.78 is 2.93. The number of thiophene rings is 1. The number of aromatic nitrogens is 2. The van der Waals surface area contributed by atoms with E-state index >= 15 is 0 Å². The van der Waals surface area contributed by atoms with E-state index in [0.717, 1.165) is 21.5 Å². The van der Waals surface area contributed by atoms with Crippen molar-refractivity contribution in [2.75, 3.05) is 5.32 Å². The number of hydrogen-bond acceptors (Lipinski definition) is 3. The van der Waals surface area contributed by atoms with E-state index in [1.165, 1.54) is 11.3 Å². The van der Waals surface area contributed by atoms with Crippen molar-refractivity contribution in [1.29, 1.82) is 0 Å². The zero-order valence-corrected chi connectivity index (χ0v) is 13.9. The number of nitrogens with one attached hydrogen (secondary N) is 1. The Balaban J connectivity index is 1.60. The lowest BCUT2D eigenvalue weighted by Crippen LogP contribution is -2.11. The number of aryl methyl sites for hydroxylation is 1. The molecule has 2 aromatic carbocycles. The zero-order valence-electron chi connectivity index (χ0n) is 13.1. The molecule has 0 aliphatic carbocycles. The molecule has 4 rings (SSSR count). The first kappa shape index (κ1) is 14.7. The fourth-order valence-electron chi connectivity index (χ4n) is 2.64. The average Bonchev–Trinajstić information content (AvgIpc) is 3.19. The van der Waals surface area contributed by atoms with Crippen LogP contribution in [0, 0.1) is 6.92 Å². The van der Waals surface area contributed by atoms with Crippen LogP contribution in [0.2, 0.25) is 0 Å².